The molecule has 0 bridgehead atoms. The third-order valence-electron chi connectivity index (χ3n) is 4.71. The quantitative estimate of drug-likeness (QED) is 0.819. The highest BCUT2D eigenvalue weighted by Crippen LogP contribution is 2.43. The Bertz CT molecular complexity index is 986. The van der Waals surface area contributed by atoms with Crippen LogP contribution in [0.1, 0.15) is 17.5 Å². The Hall–Kier alpha value is -2.83. The monoisotopic (exact) mass is 385 g/mol. The molecular weight excluding hydrogens is 370 g/mol. The minimum Gasteiger partial charge on any atom is -0.454 e. The first-order chi connectivity index (χ1) is 12.9. The molecular formula is C20H16ClNO5. The molecule has 0 spiro atoms. The van der Waals surface area contributed by atoms with Crippen LogP contribution in [-0.2, 0) is 15.2 Å². The van der Waals surface area contributed by atoms with Crippen molar-refractivity contribution < 1.29 is 24.2 Å². The van der Waals surface area contributed by atoms with Gasteiger partial charge in [0.25, 0.3) is 5.91 Å². The summed E-state index contributed by atoms with van der Waals surface area (Å²) < 4.78 is 10.5. The Morgan fingerprint density at radius 2 is 2.04 bits per heavy atom. The number of aliphatic hydroxyl groups is 1. The van der Waals surface area contributed by atoms with E-state index in [4.69, 9.17) is 21.1 Å². The van der Waals surface area contributed by atoms with Crippen LogP contribution >= 0.6 is 11.6 Å². The van der Waals surface area contributed by atoms with Crippen LogP contribution in [0.4, 0.5) is 5.69 Å². The van der Waals surface area contributed by atoms with E-state index in [1.807, 2.05) is 0 Å². The Morgan fingerprint density at radius 3 is 2.85 bits per heavy atom. The smallest absolute Gasteiger partial charge is 0.263 e. The predicted octanol–water partition coefficient (Wildman–Crippen LogP) is 2.91. The van der Waals surface area contributed by atoms with Gasteiger partial charge in [-0.1, -0.05) is 23.7 Å². The lowest BCUT2D eigenvalue weighted by molar-refractivity contribution is -0.140. The summed E-state index contributed by atoms with van der Waals surface area (Å²) >= 11 is 6.01. The average Bonchev–Trinajstić information content (AvgIpc) is 3.18. The van der Waals surface area contributed by atoms with E-state index in [2.05, 4.69) is 0 Å². The van der Waals surface area contributed by atoms with Gasteiger partial charge in [-0.3, -0.25) is 9.59 Å². The van der Waals surface area contributed by atoms with Gasteiger partial charge in [0.05, 0.1) is 12.1 Å². The highest BCUT2D eigenvalue weighted by molar-refractivity contribution is 6.31. The molecule has 0 saturated heterocycles. The van der Waals surface area contributed by atoms with Crippen molar-refractivity contribution in [2.45, 2.75) is 12.0 Å². The van der Waals surface area contributed by atoms with E-state index in [0.717, 1.165) is 5.56 Å². The fourth-order valence-electron chi connectivity index (χ4n) is 3.32. The van der Waals surface area contributed by atoms with E-state index in [1.54, 1.807) is 43.5 Å². The Kier molecular flexibility index (Phi) is 4.17. The van der Waals surface area contributed by atoms with E-state index in [9.17, 15) is 14.7 Å². The van der Waals surface area contributed by atoms with Gasteiger partial charge in [0.15, 0.2) is 22.9 Å². The number of nitrogens with zero attached hydrogens (tertiary/aromatic N) is 1. The number of rotatable bonds is 4. The summed E-state index contributed by atoms with van der Waals surface area (Å²) in [6.07, 6.45) is 2.57. The molecule has 27 heavy (non-hydrogen) atoms. The summed E-state index contributed by atoms with van der Waals surface area (Å²) in [5.74, 6) is 0.328. The van der Waals surface area contributed by atoms with Crippen LogP contribution in [0, 0.1) is 0 Å². The highest BCUT2D eigenvalue weighted by Gasteiger charge is 2.49. The fourth-order valence-corrected chi connectivity index (χ4v) is 3.49. The number of carbonyl (C=O) groups excluding carboxylic acids is 2. The van der Waals surface area contributed by atoms with Crippen LogP contribution in [0.3, 0.4) is 0 Å². The summed E-state index contributed by atoms with van der Waals surface area (Å²) in [5.41, 5.74) is -0.296. The lowest BCUT2D eigenvalue weighted by Crippen LogP contribution is -2.40. The maximum absolute atomic E-state index is 12.6. The number of likely N-dealkylation sites (N-methyl/N-ethyl adjacent to an activating group) is 1. The minimum atomic E-state index is -1.93. The molecule has 0 unspecified atom stereocenters. The molecule has 2 aromatic rings. The molecule has 4 rings (SSSR count). The minimum absolute atomic E-state index is 0.173. The molecule has 2 aromatic carbocycles. The molecule has 0 fully saturated rings. The summed E-state index contributed by atoms with van der Waals surface area (Å²) in [5, 5.41) is 11.3. The summed E-state index contributed by atoms with van der Waals surface area (Å²) in [6.45, 7) is 0.173. The van der Waals surface area contributed by atoms with Gasteiger partial charge in [-0.05, 0) is 42.0 Å². The molecule has 7 heteroatoms. The number of allylic oxidation sites excluding steroid dienone is 1. The SMILES string of the molecule is CN1C(=O)[C@@](O)(CC(=O)/C=C/c2ccc3c(c2)OCO3)c2cc(Cl)ccc21. The van der Waals surface area contributed by atoms with Crippen LogP contribution in [-0.4, -0.2) is 30.6 Å². The molecule has 0 saturated carbocycles. The molecule has 1 N–H and O–H groups in total. The second kappa shape index (κ2) is 6.40. The van der Waals surface area contributed by atoms with Crippen molar-refractivity contribution in [2.24, 2.45) is 0 Å². The number of halogens is 1. The first kappa shape index (κ1) is 17.6. The Balaban J connectivity index is 1.56. The molecule has 0 radical (unpaired) electrons. The number of fused-ring (bicyclic) bond motifs is 2. The van der Waals surface area contributed by atoms with Gasteiger partial charge in [-0.15, -0.1) is 0 Å². The largest absolute Gasteiger partial charge is 0.454 e. The van der Waals surface area contributed by atoms with Gasteiger partial charge in [0, 0.05) is 17.6 Å². The van der Waals surface area contributed by atoms with E-state index in [1.165, 1.54) is 17.0 Å². The second-order valence-corrected chi connectivity index (χ2v) is 6.91. The van der Waals surface area contributed by atoms with E-state index in [-0.39, 0.29) is 19.0 Å². The average molecular weight is 386 g/mol. The van der Waals surface area contributed by atoms with E-state index >= 15 is 0 Å². The standard InChI is InChI=1S/C20H16ClNO5/c1-22-16-6-4-13(21)9-15(16)20(25,19(22)24)10-14(23)5-2-12-3-7-17-18(8-12)27-11-26-17/h2-9,25H,10-11H2,1H3/b5-2+/t20-/m1/s1. The molecule has 2 aliphatic heterocycles. The molecule has 138 valence electrons. The molecule has 1 amide bonds. The van der Waals surface area contributed by atoms with Crippen LogP contribution in [0.5, 0.6) is 11.5 Å². The van der Waals surface area contributed by atoms with Crippen molar-refractivity contribution in [1.82, 2.24) is 0 Å². The first-order valence-corrected chi connectivity index (χ1v) is 8.67. The van der Waals surface area contributed by atoms with Crippen LogP contribution < -0.4 is 14.4 Å². The maximum Gasteiger partial charge on any atom is 0.263 e. The van der Waals surface area contributed by atoms with Crippen molar-refractivity contribution in [3.8, 4) is 11.5 Å². The van der Waals surface area contributed by atoms with Crippen LogP contribution in [0.25, 0.3) is 6.08 Å². The van der Waals surface area contributed by atoms with Gasteiger partial charge in [0.1, 0.15) is 0 Å². The maximum atomic E-state index is 12.6. The van der Waals surface area contributed by atoms with E-state index < -0.39 is 11.5 Å². The molecule has 0 aliphatic carbocycles. The molecule has 0 aromatic heterocycles. The lowest BCUT2D eigenvalue weighted by Gasteiger charge is -2.20. The molecule has 6 nitrogen and oxygen atoms in total. The zero-order chi connectivity index (χ0) is 19.2. The van der Waals surface area contributed by atoms with Gasteiger partial charge in [0.2, 0.25) is 6.79 Å². The third-order valence-corrected chi connectivity index (χ3v) is 4.95. The van der Waals surface area contributed by atoms with Gasteiger partial charge in [-0.2, -0.15) is 0 Å². The Morgan fingerprint density at radius 1 is 1.26 bits per heavy atom. The first-order valence-electron chi connectivity index (χ1n) is 8.29. The van der Waals surface area contributed by atoms with Crippen molar-refractivity contribution >= 4 is 35.1 Å². The molecule has 1 atom stereocenters. The molecule has 2 aliphatic rings. The predicted molar refractivity (Wildman–Crippen MR) is 100.0 cm³/mol. The zero-order valence-electron chi connectivity index (χ0n) is 14.4. The number of anilines is 1. The lowest BCUT2D eigenvalue weighted by atomic mass is 9.89. The van der Waals surface area contributed by atoms with Crippen molar-refractivity contribution in [1.29, 1.82) is 0 Å². The van der Waals surface area contributed by atoms with E-state index in [0.29, 0.717) is 27.8 Å². The van der Waals surface area contributed by atoms with Gasteiger partial charge >= 0.3 is 0 Å². The number of ketones is 1. The molecule has 2 heterocycles. The second-order valence-electron chi connectivity index (χ2n) is 6.48. The number of amides is 1. The highest BCUT2D eigenvalue weighted by atomic mass is 35.5. The zero-order valence-corrected chi connectivity index (χ0v) is 15.2. The van der Waals surface area contributed by atoms with Crippen molar-refractivity contribution in [3.05, 3.63) is 58.6 Å². The van der Waals surface area contributed by atoms with Crippen LogP contribution in [0.2, 0.25) is 5.02 Å². The van der Waals surface area contributed by atoms with Crippen molar-refractivity contribution in [3.63, 3.8) is 0 Å². The summed E-state index contributed by atoms with van der Waals surface area (Å²) in [6, 6.07) is 10.1. The van der Waals surface area contributed by atoms with Crippen LogP contribution in [0.15, 0.2) is 42.5 Å². The summed E-state index contributed by atoms with van der Waals surface area (Å²) in [4.78, 5) is 26.3. The number of carbonyl (C=O) groups is 2. The van der Waals surface area contributed by atoms with Crippen molar-refractivity contribution in [2.75, 3.05) is 18.7 Å². The fraction of sp³-hybridized carbons (Fsp3) is 0.200. The number of hydrogen-bond acceptors (Lipinski definition) is 5. The summed E-state index contributed by atoms with van der Waals surface area (Å²) in [7, 11) is 1.56. The van der Waals surface area contributed by atoms with Gasteiger partial charge < -0.3 is 19.5 Å². The third kappa shape index (κ3) is 2.97. The van der Waals surface area contributed by atoms with Gasteiger partial charge in [-0.25, -0.2) is 0 Å². The normalized spacial score (nSPS) is 20.4. The topological polar surface area (TPSA) is 76.1 Å². The number of ether oxygens (including phenoxy) is 2. The number of benzene rings is 2. The number of hydrogen-bond donors (Lipinski definition) is 1. The Labute approximate surface area is 160 Å².